The van der Waals surface area contributed by atoms with Crippen LogP contribution in [0.15, 0.2) is 0 Å². The zero-order valence-electron chi connectivity index (χ0n) is 6.20. The van der Waals surface area contributed by atoms with Crippen molar-refractivity contribution in [3.63, 3.8) is 0 Å². The molecule has 0 rings (SSSR count). The molecule has 7 N–H and O–H groups in total. The fourth-order valence-corrected chi connectivity index (χ4v) is 3.46. The molecular weight excluding hydrogens is 265 g/mol. The van der Waals surface area contributed by atoms with Crippen molar-refractivity contribution in [3.05, 3.63) is 0 Å². The van der Waals surface area contributed by atoms with Gasteiger partial charge < -0.3 is 29.4 Å². The molecule has 0 saturated heterocycles. The van der Waals surface area contributed by atoms with Gasteiger partial charge in [-0.2, -0.15) is 0 Å². The fraction of sp³-hybridized carbons (Fsp3) is 0. The predicted molar refractivity (Wildman–Crippen MR) is 41.1 cm³/mol. The second kappa shape index (κ2) is 4.09. The predicted octanol–water partition coefficient (Wildman–Crippen LogP) is -1.93. The van der Waals surface area contributed by atoms with E-state index in [2.05, 4.69) is 0 Å². The van der Waals surface area contributed by atoms with Crippen molar-refractivity contribution in [1.82, 2.24) is 9.75 Å². The maximum absolute atomic E-state index is 10.4. The van der Waals surface area contributed by atoms with E-state index in [1.165, 1.54) is 0 Å². The SMILES string of the molecule is O=P(O)(O)NN(P(=O)(O)O)P(=O)(O)O. The Kier molecular flexibility index (Phi) is 4.20. The van der Waals surface area contributed by atoms with Gasteiger partial charge in [0, 0.05) is 0 Å². The molecule has 0 aliphatic carbocycles. The first-order chi connectivity index (χ1) is 5.84. The van der Waals surface area contributed by atoms with Crippen molar-refractivity contribution < 1.29 is 43.1 Å². The van der Waals surface area contributed by atoms with Crippen molar-refractivity contribution in [2.75, 3.05) is 0 Å². The highest BCUT2D eigenvalue weighted by Crippen LogP contribution is 2.58. The minimum atomic E-state index is -5.53. The number of hydrogen-bond acceptors (Lipinski definition) is 3. The van der Waals surface area contributed by atoms with E-state index < -0.39 is 27.8 Å². The summed E-state index contributed by atoms with van der Waals surface area (Å²) in [6.45, 7) is 0. The molecule has 0 aliphatic heterocycles. The van der Waals surface area contributed by atoms with Gasteiger partial charge in [0.25, 0.3) is 0 Å². The highest BCUT2D eigenvalue weighted by molar-refractivity contribution is 7.66. The van der Waals surface area contributed by atoms with Gasteiger partial charge in [-0.05, 0) is 4.55 Å². The first-order valence-corrected chi connectivity index (χ1v) is 7.34. The molecule has 0 spiro atoms. The molecule has 0 fully saturated rings. The molecule has 0 aromatic rings. The van der Waals surface area contributed by atoms with E-state index in [1.54, 1.807) is 0 Å². The lowest BCUT2D eigenvalue weighted by molar-refractivity contribution is 0.238. The highest BCUT2D eigenvalue weighted by atomic mass is 31.3. The maximum atomic E-state index is 10.4. The summed E-state index contributed by atoms with van der Waals surface area (Å²) >= 11 is 0. The van der Waals surface area contributed by atoms with Crippen molar-refractivity contribution in [3.8, 4) is 0 Å². The Balaban J connectivity index is 5.08. The van der Waals surface area contributed by atoms with E-state index in [-0.39, 0.29) is 0 Å². The summed E-state index contributed by atoms with van der Waals surface area (Å²) in [5.74, 6) is 0. The van der Waals surface area contributed by atoms with Crippen LogP contribution in [0, 0.1) is 0 Å². The van der Waals surface area contributed by atoms with Crippen LogP contribution < -0.4 is 5.20 Å². The summed E-state index contributed by atoms with van der Waals surface area (Å²) in [6, 6.07) is 0. The van der Waals surface area contributed by atoms with Crippen molar-refractivity contribution >= 4 is 23.2 Å². The largest absolute Gasteiger partial charge is 0.426 e. The van der Waals surface area contributed by atoms with Gasteiger partial charge in [0.05, 0.1) is 0 Å². The van der Waals surface area contributed by atoms with Crippen LogP contribution in [0.4, 0.5) is 0 Å². The molecule has 0 heterocycles. The van der Waals surface area contributed by atoms with E-state index in [4.69, 9.17) is 29.4 Å². The summed E-state index contributed by atoms with van der Waals surface area (Å²) in [6.07, 6.45) is 0. The van der Waals surface area contributed by atoms with Crippen molar-refractivity contribution in [1.29, 1.82) is 0 Å². The van der Waals surface area contributed by atoms with Crippen LogP contribution in [0.25, 0.3) is 0 Å². The molecule has 0 aromatic heterocycles. The molecule has 0 atom stereocenters. The average molecular weight is 272 g/mol. The summed E-state index contributed by atoms with van der Waals surface area (Å²) in [5, 5.41) is 0.710. The topological polar surface area (TPSA) is 188 Å². The molecule has 11 nitrogen and oxygen atoms in total. The van der Waals surface area contributed by atoms with Crippen LogP contribution in [0.3, 0.4) is 0 Å². The Morgan fingerprint density at radius 1 is 0.786 bits per heavy atom. The fourth-order valence-electron chi connectivity index (χ4n) is 0.385. The molecule has 0 amide bonds. The molecule has 0 bridgehead atoms. The maximum Gasteiger partial charge on any atom is 0.426 e. The summed E-state index contributed by atoms with van der Waals surface area (Å²) in [5.41, 5.74) is 0. The third kappa shape index (κ3) is 5.30. The normalized spacial score (nSPS) is 14.8. The minimum absolute atomic E-state index is 0.710. The third-order valence-corrected chi connectivity index (χ3v) is 4.07. The van der Waals surface area contributed by atoms with Crippen molar-refractivity contribution in [2.24, 2.45) is 0 Å². The Morgan fingerprint density at radius 2 is 1.07 bits per heavy atom. The van der Waals surface area contributed by atoms with Gasteiger partial charge in [0.2, 0.25) is 0 Å². The smallest absolute Gasteiger partial charge is 0.312 e. The lowest BCUT2D eigenvalue weighted by Gasteiger charge is -2.23. The number of hydrazine groups is 1. The quantitative estimate of drug-likeness (QED) is 0.223. The Morgan fingerprint density at radius 3 is 1.14 bits per heavy atom. The number of rotatable bonds is 4. The molecule has 86 valence electrons. The van der Waals surface area contributed by atoms with Gasteiger partial charge >= 0.3 is 23.2 Å². The van der Waals surface area contributed by atoms with E-state index >= 15 is 0 Å². The van der Waals surface area contributed by atoms with Gasteiger partial charge in [-0.1, -0.05) is 0 Å². The van der Waals surface area contributed by atoms with E-state index in [1.807, 2.05) is 0 Å². The van der Waals surface area contributed by atoms with Crippen molar-refractivity contribution in [2.45, 2.75) is 0 Å². The monoisotopic (exact) mass is 272 g/mol. The standard InChI is InChI=1S/H7N2O9P3/c3-12(4,5)1-2(13(6,7)8)14(9,10)11/h(H2,6,7,8)(H2,9,10,11)(H3,1,3,4,5). The molecule has 14 heteroatoms. The number of nitrogens with one attached hydrogen (secondary N) is 1. The van der Waals surface area contributed by atoms with E-state index in [0.29, 0.717) is 5.20 Å². The summed E-state index contributed by atoms with van der Waals surface area (Å²) in [4.78, 5) is 49.6. The molecule has 0 radical (unpaired) electrons. The van der Waals surface area contributed by atoms with Crippen LogP contribution in [0.1, 0.15) is 0 Å². The number of nitrogens with zero attached hydrogens (tertiary/aromatic N) is 1. The second-order valence-corrected chi connectivity index (χ2v) is 6.42. The molecule has 14 heavy (non-hydrogen) atoms. The average Bonchev–Trinajstić information content (AvgIpc) is 1.75. The van der Waals surface area contributed by atoms with Gasteiger partial charge in [0.1, 0.15) is 0 Å². The first-order valence-electron chi connectivity index (χ1n) is 2.59. The van der Waals surface area contributed by atoms with Crippen LogP contribution in [-0.4, -0.2) is 33.9 Å². The van der Waals surface area contributed by atoms with E-state index in [0.717, 1.165) is 0 Å². The Labute approximate surface area is 77.0 Å². The number of hydrogen-bond donors (Lipinski definition) is 7. The minimum Gasteiger partial charge on any atom is -0.312 e. The van der Waals surface area contributed by atoms with Crippen LogP contribution in [0.5, 0.6) is 0 Å². The lowest BCUT2D eigenvalue weighted by atomic mass is 12.9. The van der Waals surface area contributed by atoms with Crippen LogP contribution in [0.2, 0.25) is 0 Å². The molecule has 0 unspecified atom stereocenters. The van der Waals surface area contributed by atoms with Gasteiger partial charge in [-0.3, -0.25) is 0 Å². The third-order valence-electron chi connectivity index (χ3n) is 0.713. The molecule has 0 aliphatic rings. The Bertz CT molecular complexity index is 306. The molecule has 0 aromatic carbocycles. The first kappa shape index (κ1) is 14.4. The second-order valence-electron chi connectivity index (χ2n) is 1.96. The molecule has 0 saturated carbocycles. The van der Waals surface area contributed by atoms with Gasteiger partial charge in [-0.25, -0.2) is 13.7 Å². The zero-order valence-corrected chi connectivity index (χ0v) is 8.88. The van der Waals surface area contributed by atoms with E-state index in [9.17, 15) is 13.7 Å². The Hall–Kier alpha value is 0.370. The summed E-state index contributed by atoms with van der Waals surface area (Å²) in [7, 11) is -16.3. The van der Waals surface area contributed by atoms with Crippen LogP contribution >= 0.6 is 23.2 Å². The van der Waals surface area contributed by atoms with Crippen LogP contribution in [-0.2, 0) is 13.7 Å². The summed E-state index contributed by atoms with van der Waals surface area (Å²) < 4.78 is 29.8. The zero-order chi connectivity index (χ0) is 11.8. The highest BCUT2D eigenvalue weighted by Gasteiger charge is 2.43. The van der Waals surface area contributed by atoms with Gasteiger partial charge in [0.15, 0.2) is 0 Å². The molecular formula is H7N2O9P3. The van der Waals surface area contributed by atoms with Gasteiger partial charge in [-0.15, -0.1) is 5.20 Å². The lowest BCUT2D eigenvalue weighted by Crippen LogP contribution is -2.29.